The number of fused-ring (bicyclic) bond motifs is 1. The van der Waals surface area contributed by atoms with Gasteiger partial charge in [-0.25, -0.2) is 4.98 Å². The minimum absolute atomic E-state index is 0.0639. The van der Waals surface area contributed by atoms with Crippen LogP contribution in [0.15, 0.2) is 42.5 Å². The highest BCUT2D eigenvalue weighted by molar-refractivity contribution is 6.02. The van der Waals surface area contributed by atoms with Gasteiger partial charge in [0, 0.05) is 18.3 Å². The maximum atomic E-state index is 12.2. The summed E-state index contributed by atoms with van der Waals surface area (Å²) in [5.41, 5.74) is 1.57. The molecule has 2 amide bonds. The Bertz CT molecular complexity index is 855. The van der Waals surface area contributed by atoms with Crippen LogP contribution in [-0.2, 0) is 4.79 Å². The Morgan fingerprint density at radius 3 is 2.74 bits per heavy atom. The van der Waals surface area contributed by atoms with Crippen LogP contribution in [0.1, 0.15) is 28.4 Å². The second kappa shape index (κ2) is 7.65. The Labute approximate surface area is 152 Å². The molecule has 27 heavy (non-hydrogen) atoms. The summed E-state index contributed by atoms with van der Waals surface area (Å²) in [4.78, 5) is 27.9. The molecule has 9 heteroatoms. The number of halogens is 3. The number of carbonyl (C=O) groups is 2. The molecule has 0 bridgehead atoms. The summed E-state index contributed by atoms with van der Waals surface area (Å²) >= 11 is 0. The number of aromatic nitrogens is 1. The molecule has 1 atom stereocenters. The number of hydrogen-bond donors (Lipinski definition) is 2. The maximum absolute atomic E-state index is 12.2. The lowest BCUT2D eigenvalue weighted by Crippen LogP contribution is -2.28. The van der Waals surface area contributed by atoms with Crippen LogP contribution in [0.5, 0.6) is 5.88 Å². The summed E-state index contributed by atoms with van der Waals surface area (Å²) in [5.74, 6) is -1.34. The molecular formula is C18H16F3N3O3. The molecule has 1 aromatic carbocycles. The Morgan fingerprint density at radius 1 is 1.19 bits per heavy atom. The summed E-state index contributed by atoms with van der Waals surface area (Å²) in [5, 5.41) is 5.40. The van der Waals surface area contributed by atoms with Gasteiger partial charge in [0.15, 0.2) is 6.61 Å². The quantitative estimate of drug-likeness (QED) is 0.809. The maximum Gasteiger partial charge on any atom is 0.422 e. The molecular weight excluding hydrogens is 363 g/mol. The summed E-state index contributed by atoms with van der Waals surface area (Å²) < 4.78 is 41.1. The normalized spacial score (nSPS) is 15.8. The number of carbonyl (C=O) groups excluding carboxylic acids is 2. The highest BCUT2D eigenvalue weighted by atomic mass is 19.4. The van der Waals surface area contributed by atoms with Crippen molar-refractivity contribution in [1.82, 2.24) is 10.3 Å². The predicted molar refractivity (Wildman–Crippen MR) is 90.5 cm³/mol. The van der Waals surface area contributed by atoms with Crippen LogP contribution in [0.2, 0.25) is 0 Å². The first-order valence-corrected chi connectivity index (χ1v) is 8.18. The van der Waals surface area contributed by atoms with E-state index in [0.717, 1.165) is 11.3 Å². The Balaban J connectivity index is 1.55. The number of para-hydroxylation sites is 1. The van der Waals surface area contributed by atoms with Gasteiger partial charge in [-0.3, -0.25) is 9.59 Å². The van der Waals surface area contributed by atoms with Crippen molar-refractivity contribution in [2.45, 2.75) is 18.5 Å². The molecule has 1 aliphatic heterocycles. The third-order valence-corrected chi connectivity index (χ3v) is 3.97. The Kier molecular flexibility index (Phi) is 5.29. The van der Waals surface area contributed by atoms with Gasteiger partial charge in [0.2, 0.25) is 11.8 Å². The SMILES string of the molecule is O=C(NCCC1C(=O)Nc2ccccc21)c1cccc(OCC(F)(F)F)n1. The monoisotopic (exact) mass is 379 g/mol. The third kappa shape index (κ3) is 4.75. The van der Waals surface area contributed by atoms with Gasteiger partial charge in [0.25, 0.3) is 5.91 Å². The predicted octanol–water partition coefficient (Wildman–Crippen LogP) is 2.88. The number of ether oxygens (including phenoxy) is 1. The Morgan fingerprint density at radius 2 is 1.96 bits per heavy atom. The molecule has 1 unspecified atom stereocenters. The number of nitrogens with zero attached hydrogens (tertiary/aromatic N) is 1. The number of benzene rings is 1. The zero-order chi connectivity index (χ0) is 19.4. The van der Waals surface area contributed by atoms with Crippen LogP contribution in [0.4, 0.5) is 18.9 Å². The van der Waals surface area contributed by atoms with E-state index >= 15 is 0 Å². The number of nitrogens with one attached hydrogen (secondary N) is 2. The van der Waals surface area contributed by atoms with Crippen LogP contribution in [0.25, 0.3) is 0 Å². The van der Waals surface area contributed by atoms with E-state index in [0.29, 0.717) is 6.42 Å². The van der Waals surface area contributed by atoms with E-state index in [4.69, 9.17) is 0 Å². The van der Waals surface area contributed by atoms with Crippen molar-refractivity contribution in [2.75, 3.05) is 18.5 Å². The van der Waals surface area contributed by atoms with Crippen molar-refractivity contribution in [3.05, 3.63) is 53.7 Å². The summed E-state index contributed by atoms with van der Waals surface area (Å²) in [6.45, 7) is -1.28. The van der Waals surface area contributed by atoms with Crippen LogP contribution in [-0.4, -0.2) is 36.1 Å². The molecule has 0 saturated carbocycles. The highest BCUT2D eigenvalue weighted by Crippen LogP contribution is 2.33. The first-order chi connectivity index (χ1) is 12.8. The van der Waals surface area contributed by atoms with Crippen molar-refractivity contribution in [1.29, 1.82) is 0 Å². The van der Waals surface area contributed by atoms with Gasteiger partial charge < -0.3 is 15.4 Å². The average Bonchev–Trinajstić information content (AvgIpc) is 2.95. The van der Waals surface area contributed by atoms with Crippen molar-refractivity contribution in [3.8, 4) is 5.88 Å². The lowest BCUT2D eigenvalue weighted by molar-refractivity contribution is -0.154. The zero-order valence-corrected chi connectivity index (χ0v) is 14.0. The van der Waals surface area contributed by atoms with Gasteiger partial charge >= 0.3 is 6.18 Å². The molecule has 1 aromatic heterocycles. The number of rotatable bonds is 6. The Hall–Kier alpha value is -3.10. The van der Waals surface area contributed by atoms with Crippen molar-refractivity contribution < 1.29 is 27.5 Å². The van der Waals surface area contributed by atoms with Crippen molar-refractivity contribution in [2.24, 2.45) is 0 Å². The second-order valence-corrected chi connectivity index (χ2v) is 5.94. The summed E-state index contributed by atoms with van der Waals surface area (Å²) in [6.07, 6.45) is -4.10. The van der Waals surface area contributed by atoms with Gasteiger partial charge in [-0.05, 0) is 24.1 Å². The molecule has 0 spiro atoms. The fourth-order valence-electron chi connectivity index (χ4n) is 2.76. The van der Waals surface area contributed by atoms with E-state index in [1.165, 1.54) is 18.2 Å². The zero-order valence-electron chi connectivity index (χ0n) is 14.0. The number of hydrogen-bond acceptors (Lipinski definition) is 4. The van der Waals surface area contributed by atoms with E-state index in [9.17, 15) is 22.8 Å². The smallest absolute Gasteiger partial charge is 0.422 e. The van der Waals surface area contributed by atoms with Crippen LogP contribution < -0.4 is 15.4 Å². The highest BCUT2D eigenvalue weighted by Gasteiger charge is 2.30. The van der Waals surface area contributed by atoms with Gasteiger partial charge in [-0.2, -0.15) is 13.2 Å². The number of alkyl halides is 3. The molecule has 2 N–H and O–H groups in total. The van der Waals surface area contributed by atoms with Crippen LogP contribution in [0.3, 0.4) is 0 Å². The first-order valence-electron chi connectivity index (χ1n) is 8.18. The third-order valence-electron chi connectivity index (χ3n) is 3.97. The van der Waals surface area contributed by atoms with E-state index in [-0.39, 0.29) is 29.9 Å². The van der Waals surface area contributed by atoms with Gasteiger partial charge in [-0.15, -0.1) is 0 Å². The van der Waals surface area contributed by atoms with Gasteiger partial charge in [-0.1, -0.05) is 24.3 Å². The standard InChI is InChI=1S/C18H16F3N3O3/c19-18(20,21)10-27-15-7-3-6-14(23-15)17(26)22-9-8-12-11-4-1-2-5-13(11)24-16(12)25/h1-7,12H,8-10H2,(H,22,26)(H,24,25). The van der Waals surface area contributed by atoms with Crippen molar-refractivity contribution >= 4 is 17.5 Å². The summed E-state index contributed by atoms with van der Waals surface area (Å²) in [7, 11) is 0. The molecule has 1 aliphatic rings. The van der Waals surface area contributed by atoms with Gasteiger partial charge in [0.1, 0.15) is 5.69 Å². The molecule has 3 rings (SSSR count). The summed E-state index contributed by atoms with van der Waals surface area (Å²) in [6, 6.07) is 11.3. The van der Waals surface area contributed by atoms with E-state index in [1.807, 2.05) is 24.3 Å². The topological polar surface area (TPSA) is 80.3 Å². The van der Waals surface area contributed by atoms with Crippen LogP contribution >= 0.6 is 0 Å². The molecule has 0 radical (unpaired) electrons. The first kappa shape index (κ1) is 18.7. The fourth-order valence-corrected chi connectivity index (χ4v) is 2.76. The second-order valence-electron chi connectivity index (χ2n) is 5.94. The number of amides is 2. The fraction of sp³-hybridized carbons (Fsp3) is 0.278. The average molecular weight is 379 g/mol. The lowest BCUT2D eigenvalue weighted by Gasteiger charge is -2.11. The number of anilines is 1. The van der Waals surface area contributed by atoms with Crippen LogP contribution in [0, 0.1) is 0 Å². The number of pyridine rings is 1. The minimum atomic E-state index is -4.49. The minimum Gasteiger partial charge on any atom is -0.468 e. The van der Waals surface area contributed by atoms with E-state index < -0.39 is 18.7 Å². The molecule has 2 heterocycles. The molecule has 2 aromatic rings. The lowest BCUT2D eigenvalue weighted by atomic mass is 9.97. The molecule has 0 aliphatic carbocycles. The molecule has 0 saturated heterocycles. The molecule has 142 valence electrons. The van der Waals surface area contributed by atoms with Crippen molar-refractivity contribution in [3.63, 3.8) is 0 Å². The molecule has 0 fully saturated rings. The van der Waals surface area contributed by atoms with E-state index in [2.05, 4.69) is 20.4 Å². The molecule has 6 nitrogen and oxygen atoms in total. The largest absolute Gasteiger partial charge is 0.468 e. The van der Waals surface area contributed by atoms with Gasteiger partial charge in [0.05, 0.1) is 5.92 Å². The van der Waals surface area contributed by atoms with E-state index in [1.54, 1.807) is 0 Å².